The molecule has 2 aromatic carbocycles. The van der Waals surface area contributed by atoms with Gasteiger partial charge in [0.05, 0.1) is 40.1 Å². The van der Waals surface area contributed by atoms with Gasteiger partial charge in [0.1, 0.15) is 0 Å². The zero-order valence-electron chi connectivity index (χ0n) is 19.6. The molecule has 2 aromatic rings. The van der Waals surface area contributed by atoms with Crippen LogP contribution in [0.3, 0.4) is 0 Å². The Labute approximate surface area is 213 Å². The van der Waals surface area contributed by atoms with E-state index in [-0.39, 0.29) is 59.1 Å². The van der Waals surface area contributed by atoms with Crippen LogP contribution in [-0.2, 0) is 14.6 Å². The Morgan fingerprint density at radius 3 is 2.44 bits per heavy atom. The van der Waals surface area contributed by atoms with Gasteiger partial charge in [-0.2, -0.15) is 0 Å². The van der Waals surface area contributed by atoms with Crippen LogP contribution in [0.15, 0.2) is 41.3 Å². The summed E-state index contributed by atoms with van der Waals surface area (Å²) >= 11 is 6.25. The number of benzene rings is 2. The number of sulfone groups is 1. The van der Waals surface area contributed by atoms with Gasteiger partial charge < -0.3 is 20.3 Å². The Morgan fingerprint density at radius 2 is 1.83 bits per heavy atom. The molecule has 0 heterocycles. The number of carbonyl (C=O) groups is 1. The Bertz CT molecular complexity index is 1240. The number of fused-ring (bicyclic) bond motifs is 2. The molecule has 2 unspecified atom stereocenters. The van der Waals surface area contributed by atoms with Crippen molar-refractivity contribution in [1.82, 2.24) is 0 Å². The molecule has 2 aliphatic carbocycles. The first-order valence-electron chi connectivity index (χ1n) is 11.7. The molecule has 0 spiro atoms. The minimum absolute atomic E-state index is 0.00971. The average molecular weight is 544 g/mol. The lowest BCUT2D eigenvalue weighted by Crippen LogP contribution is -2.51. The summed E-state index contributed by atoms with van der Waals surface area (Å²) in [6.45, 7) is 1.69. The van der Waals surface area contributed by atoms with E-state index in [0.29, 0.717) is 12.8 Å². The maximum absolute atomic E-state index is 13.6. The average Bonchev–Trinajstić information content (AvgIpc) is 2.98. The zero-order valence-corrected chi connectivity index (χ0v) is 21.2. The van der Waals surface area contributed by atoms with Gasteiger partial charge in [-0.1, -0.05) is 11.6 Å². The standard InChI is InChI=1S/C25H28ClF2NO6S/c1-14(30)12-35-13-25(32)16-3-4-17(25)10-19(9-16)36(33,34)23-8-15(2-6-20(23)26)24(31)29-18-5-7-21(27)22(28)11-18/h2,5-8,11,14,16-17,19,30,32H,3-4,9-10,12-13H2,1H3,(H,29,31)/t14?,16-,17?,19-,25-/m0/s1. The van der Waals surface area contributed by atoms with Crippen LogP contribution >= 0.6 is 11.6 Å². The molecule has 5 atom stereocenters. The SMILES string of the molecule is CC(O)COC[C@@]1(O)C2CC[C@H]1C[C@H](S(=O)(=O)c1cc(C(=O)Nc3ccc(F)c(F)c3)ccc1Cl)C2. The molecule has 2 aliphatic rings. The number of ether oxygens (including phenoxy) is 1. The highest BCUT2D eigenvalue weighted by Gasteiger charge is 2.55. The highest BCUT2D eigenvalue weighted by atomic mass is 35.5. The summed E-state index contributed by atoms with van der Waals surface area (Å²) in [5.74, 6) is -3.47. The van der Waals surface area contributed by atoms with E-state index in [9.17, 15) is 32.2 Å². The molecule has 7 nitrogen and oxygen atoms in total. The van der Waals surface area contributed by atoms with Crippen molar-refractivity contribution in [2.45, 2.75) is 54.5 Å². The number of aliphatic hydroxyl groups is 2. The molecule has 0 radical (unpaired) electrons. The zero-order chi connectivity index (χ0) is 26.3. The second-order valence-electron chi connectivity index (χ2n) is 9.69. The fourth-order valence-electron chi connectivity index (χ4n) is 5.31. The fraction of sp³-hybridized carbons (Fsp3) is 0.480. The smallest absolute Gasteiger partial charge is 0.255 e. The predicted molar refractivity (Wildman–Crippen MR) is 130 cm³/mol. The van der Waals surface area contributed by atoms with Crippen molar-refractivity contribution < 1.29 is 36.9 Å². The minimum Gasteiger partial charge on any atom is -0.391 e. The summed E-state index contributed by atoms with van der Waals surface area (Å²) in [5, 5.41) is 22.3. The highest BCUT2D eigenvalue weighted by Crippen LogP contribution is 2.52. The van der Waals surface area contributed by atoms with Gasteiger partial charge in [-0.25, -0.2) is 17.2 Å². The lowest BCUT2D eigenvalue weighted by molar-refractivity contribution is -0.121. The van der Waals surface area contributed by atoms with Crippen molar-refractivity contribution >= 4 is 33.0 Å². The second kappa shape index (κ2) is 10.3. The maximum Gasteiger partial charge on any atom is 0.255 e. The minimum atomic E-state index is -3.96. The van der Waals surface area contributed by atoms with Crippen molar-refractivity contribution in [3.05, 3.63) is 58.6 Å². The molecule has 3 N–H and O–H groups in total. The van der Waals surface area contributed by atoms with E-state index in [1.807, 2.05) is 0 Å². The van der Waals surface area contributed by atoms with E-state index in [4.69, 9.17) is 16.3 Å². The largest absolute Gasteiger partial charge is 0.391 e. The molecule has 196 valence electrons. The summed E-state index contributed by atoms with van der Waals surface area (Å²) in [6, 6.07) is 6.72. The normalized spacial score (nSPS) is 26.6. The lowest BCUT2D eigenvalue weighted by atomic mass is 9.75. The number of aliphatic hydroxyl groups excluding tert-OH is 1. The van der Waals surface area contributed by atoms with Gasteiger partial charge in [-0.3, -0.25) is 4.79 Å². The number of rotatable bonds is 8. The molecule has 4 rings (SSSR count). The first-order chi connectivity index (χ1) is 16.9. The molecule has 36 heavy (non-hydrogen) atoms. The van der Waals surface area contributed by atoms with Crippen molar-refractivity contribution in [2.24, 2.45) is 11.8 Å². The molecule has 2 saturated carbocycles. The number of anilines is 1. The van der Waals surface area contributed by atoms with Crippen LogP contribution in [0.4, 0.5) is 14.5 Å². The molecule has 2 bridgehead atoms. The monoisotopic (exact) mass is 543 g/mol. The quantitative estimate of drug-likeness (QED) is 0.464. The van der Waals surface area contributed by atoms with Crippen molar-refractivity contribution in [3.63, 3.8) is 0 Å². The van der Waals surface area contributed by atoms with E-state index >= 15 is 0 Å². The Balaban J connectivity index is 1.53. The number of hydrogen-bond acceptors (Lipinski definition) is 6. The summed E-state index contributed by atoms with van der Waals surface area (Å²) in [5.41, 5.74) is -1.15. The van der Waals surface area contributed by atoms with E-state index in [0.717, 1.165) is 12.1 Å². The summed E-state index contributed by atoms with van der Waals surface area (Å²) < 4.78 is 59.3. The molecular formula is C25H28ClF2NO6S. The molecule has 1 amide bonds. The van der Waals surface area contributed by atoms with Gasteiger partial charge in [0.15, 0.2) is 21.5 Å². The van der Waals surface area contributed by atoms with Crippen LogP contribution in [0.2, 0.25) is 5.02 Å². The molecule has 11 heteroatoms. The van der Waals surface area contributed by atoms with E-state index < -0.39 is 44.3 Å². The summed E-state index contributed by atoms with van der Waals surface area (Å²) in [7, 11) is -3.96. The van der Waals surface area contributed by atoms with Gasteiger partial charge in [-0.05, 0) is 74.8 Å². The molecule has 0 aromatic heterocycles. The number of halogens is 3. The Hall–Kier alpha value is -2.11. The van der Waals surface area contributed by atoms with Gasteiger partial charge >= 0.3 is 0 Å². The van der Waals surface area contributed by atoms with Crippen molar-refractivity contribution in [3.8, 4) is 0 Å². The third-order valence-electron chi connectivity index (χ3n) is 7.18. The van der Waals surface area contributed by atoms with E-state index in [1.165, 1.54) is 24.3 Å². The van der Waals surface area contributed by atoms with Gasteiger partial charge in [-0.15, -0.1) is 0 Å². The van der Waals surface area contributed by atoms with E-state index in [1.54, 1.807) is 6.92 Å². The number of hydrogen-bond donors (Lipinski definition) is 3. The van der Waals surface area contributed by atoms with Crippen LogP contribution in [-0.4, -0.2) is 54.7 Å². The molecule has 0 aliphatic heterocycles. The van der Waals surface area contributed by atoms with Crippen LogP contribution < -0.4 is 5.32 Å². The van der Waals surface area contributed by atoms with Crippen LogP contribution in [0.25, 0.3) is 0 Å². The predicted octanol–water partition coefficient (Wildman–Crippen LogP) is 3.96. The van der Waals surface area contributed by atoms with Gasteiger partial charge in [0.25, 0.3) is 5.91 Å². The molecular weight excluding hydrogens is 516 g/mol. The first-order valence-corrected chi connectivity index (χ1v) is 13.6. The van der Waals surface area contributed by atoms with Gasteiger partial charge in [0.2, 0.25) is 0 Å². The fourth-order valence-corrected chi connectivity index (χ4v) is 7.71. The van der Waals surface area contributed by atoms with Crippen LogP contribution in [0.1, 0.15) is 43.0 Å². The van der Waals surface area contributed by atoms with Crippen LogP contribution in [0.5, 0.6) is 0 Å². The highest BCUT2D eigenvalue weighted by molar-refractivity contribution is 7.92. The Kier molecular flexibility index (Phi) is 7.73. The summed E-state index contributed by atoms with van der Waals surface area (Å²) in [6.07, 6.45) is 1.09. The second-order valence-corrected chi connectivity index (χ2v) is 12.3. The maximum atomic E-state index is 13.6. The topological polar surface area (TPSA) is 113 Å². The molecule has 0 saturated heterocycles. The Morgan fingerprint density at radius 1 is 1.17 bits per heavy atom. The first kappa shape index (κ1) is 26.9. The number of amides is 1. The number of carbonyl (C=O) groups excluding carboxylic acids is 1. The van der Waals surface area contributed by atoms with Crippen molar-refractivity contribution in [2.75, 3.05) is 18.5 Å². The van der Waals surface area contributed by atoms with Crippen molar-refractivity contribution in [1.29, 1.82) is 0 Å². The van der Waals surface area contributed by atoms with Gasteiger partial charge in [0, 0.05) is 17.3 Å². The number of nitrogens with one attached hydrogen (secondary N) is 1. The van der Waals surface area contributed by atoms with Crippen LogP contribution in [0, 0.1) is 23.5 Å². The molecule has 2 fully saturated rings. The summed E-state index contributed by atoms with van der Waals surface area (Å²) in [4.78, 5) is 12.5. The third kappa shape index (κ3) is 5.28. The van der Waals surface area contributed by atoms with E-state index in [2.05, 4.69) is 5.32 Å². The third-order valence-corrected chi connectivity index (χ3v) is 9.84. The lowest BCUT2D eigenvalue weighted by Gasteiger charge is -2.42.